The largest absolute Gasteiger partial charge is 0.383 e. The van der Waals surface area contributed by atoms with E-state index in [1.54, 1.807) is 13.2 Å². The molecule has 2 aromatic rings. The van der Waals surface area contributed by atoms with Crippen molar-refractivity contribution in [2.24, 2.45) is 0 Å². The molecular formula is C13H13BrFN3O. The molecule has 1 aromatic heterocycles. The van der Waals surface area contributed by atoms with Gasteiger partial charge in [0.1, 0.15) is 17.5 Å². The van der Waals surface area contributed by atoms with Crippen molar-refractivity contribution >= 4 is 21.7 Å². The van der Waals surface area contributed by atoms with Crippen molar-refractivity contribution in [1.29, 1.82) is 0 Å². The predicted octanol–water partition coefficient (Wildman–Crippen LogP) is 2.70. The van der Waals surface area contributed by atoms with Crippen LogP contribution < -0.4 is 5.73 Å². The number of hydrogen-bond acceptors (Lipinski definition) is 4. The molecule has 0 bridgehead atoms. The van der Waals surface area contributed by atoms with Crippen LogP contribution in [0.3, 0.4) is 0 Å². The molecule has 0 aliphatic rings. The summed E-state index contributed by atoms with van der Waals surface area (Å²) in [7, 11) is 1.58. The molecule has 100 valence electrons. The molecule has 0 amide bonds. The number of rotatable bonds is 4. The summed E-state index contributed by atoms with van der Waals surface area (Å²) in [5, 5.41) is 0. The van der Waals surface area contributed by atoms with Gasteiger partial charge in [-0.15, -0.1) is 0 Å². The van der Waals surface area contributed by atoms with E-state index in [1.807, 2.05) is 6.07 Å². The Morgan fingerprint density at radius 1 is 1.37 bits per heavy atom. The van der Waals surface area contributed by atoms with Crippen molar-refractivity contribution < 1.29 is 9.13 Å². The first kappa shape index (κ1) is 13.9. The minimum atomic E-state index is -0.278. The molecule has 0 saturated heterocycles. The van der Waals surface area contributed by atoms with Gasteiger partial charge in [-0.1, -0.05) is 12.1 Å². The zero-order valence-electron chi connectivity index (χ0n) is 10.4. The van der Waals surface area contributed by atoms with E-state index < -0.39 is 0 Å². The number of methoxy groups -OCH3 is 1. The molecule has 0 radical (unpaired) electrons. The Morgan fingerprint density at radius 3 is 2.84 bits per heavy atom. The van der Waals surface area contributed by atoms with Crippen LogP contribution >= 0.6 is 15.9 Å². The van der Waals surface area contributed by atoms with E-state index in [4.69, 9.17) is 10.5 Å². The third-order valence-electron chi connectivity index (χ3n) is 2.52. The van der Waals surface area contributed by atoms with Gasteiger partial charge in [-0.05, 0) is 33.6 Å². The summed E-state index contributed by atoms with van der Waals surface area (Å²) in [5.74, 6) is 0.617. The predicted molar refractivity (Wildman–Crippen MR) is 74.1 cm³/mol. The van der Waals surface area contributed by atoms with Crippen LogP contribution in [0, 0.1) is 5.82 Å². The molecule has 4 nitrogen and oxygen atoms in total. The van der Waals surface area contributed by atoms with Crippen molar-refractivity contribution in [3.63, 3.8) is 0 Å². The first-order valence-electron chi connectivity index (χ1n) is 5.64. The lowest BCUT2D eigenvalue weighted by molar-refractivity contribution is 0.180. The van der Waals surface area contributed by atoms with Crippen LogP contribution in [0.5, 0.6) is 0 Å². The van der Waals surface area contributed by atoms with Crippen molar-refractivity contribution in [3.8, 4) is 0 Å². The molecule has 0 aliphatic carbocycles. The number of nitrogen functional groups attached to an aromatic ring is 1. The second-order valence-corrected chi connectivity index (χ2v) is 4.82. The van der Waals surface area contributed by atoms with E-state index in [0.29, 0.717) is 34.8 Å². The van der Waals surface area contributed by atoms with Gasteiger partial charge >= 0.3 is 0 Å². The Morgan fingerprint density at radius 2 is 2.16 bits per heavy atom. The van der Waals surface area contributed by atoms with Crippen LogP contribution in [-0.4, -0.2) is 17.1 Å². The molecule has 0 unspecified atom stereocenters. The van der Waals surface area contributed by atoms with E-state index in [1.165, 1.54) is 12.1 Å². The van der Waals surface area contributed by atoms with Gasteiger partial charge in [0, 0.05) is 13.5 Å². The number of anilines is 1. The van der Waals surface area contributed by atoms with Crippen LogP contribution in [0.25, 0.3) is 0 Å². The summed E-state index contributed by atoms with van der Waals surface area (Å²) in [5.41, 5.74) is 7.29. The number of aromatic nitrogens is 2. The van der Waals surface area contributed by atoms with Crippen molar-refractivity contribution in [2.45, 2.75) is 13.0 Å². The lowest BCUT2D eigenvalue weighted by Crippen LogP contribution is -2.07. The van der Waals surface area contributed by atoms with E-state index in [0.717, 1.165) is 5.56 Å². The van der Waals surface area contributed by atoms with Crippen LogP contribution in [0.15, 0.2) is 28.7 Å². The third kappa shape index (κ3) is 3.48. The average molecular weight is 326 g/mol. The highest BCUT2D eigenvalue weighted by molar-refractivity contribution is 9.10. The van der Waals surface area contributed by atoms with E-state index in [-0.39, 0.29) is 5.82 Å². The molecular weight excluding hydrogens is 313 g/mol. The summed E-state index contributed by atoms with van der Waals surface area (Å²) in [6.07, 6.45) is 0.423. The number of ether oxygens (including phenoxy) is 1. The lowest BCUT2D eigenvalue weighted by atomic mass is 10.1. The molecule has 2 N–H and O–H groups in total. The molecule has 0 saturated carbocycles. The van der Waals surface area contributed by atoms with Gasteiger partial charge in [-0.25, -0.2) is 14.4 Å². The van der Waals surface area contributed by atoms with Gasteiger partial charge < -0.3 is 10.5 Å². The normalized spacial score (nSPS) is 10.7. The zero-order valence-corrected chi connectivity index (χ0v) is 11.9. The SMILES string of the molecule is COCc1nc(Cc2cccc(F)c2)nc(N)c1Br. The Balaban J connectivity index is 2.30. The summed E-state index contributed by atoms with van der Waals surface area (Å²) < 4.78 is 18.8. The minimum absolute atomic E-state index is 0.278. The number of nitrogens with zero attached hydrogens (tertiary/aromatic N) is 2. The molecule has 6 heteroatoms. The Bertz CT molecular complexity index is 592. The second kappa shape index (κ2) is 6.08. The average Bonchev–Trinajstić information content (AvgIpc) is 2.35. The highest BCUT2D eigenvalue weighted by atomic mass is 79.9. The van der Waals surface area contributed by atoms with Crippen LogP contribution in [0.4, 0.5) is 10.2 Å². The summed E-state index contributed by atoms with van der Waals surface area (Å²) >= 11 is 3.32. The standard InChI is InChI=1S/C13H13BrFN3O/c1-19-7-10-12(14)13(16)18-11(17-10)6-8-3-2-4-9(15)5-8/h2-5H,6-7H2,1H3,(H2,16,17,18). The van der Waals surface area contributed by atoms with Crippen molar-refractivity contribution in [3.05, 3.63) is 51.6 Å². The lowest BCUT2D eigenvalue weighted by Gasteiger charge is -2.08. The summed E-state index contributed by atoms with van der Waals surface area (Å²) in [4.78, 5) is 8.54. The Hall–Kier alpha value is -1.53. The summed E-state index contributed by atoms with van der Waals surface area (Å²) in [6.45, 7) is 0.337. The summed E-state index contributed by atoms with van der Waals surface area (Å²) in [6, 6.07) is 6.33. The molecule has 19 heavy (non-hydrogen) atoms. The van der Waals surface area contributed by atoms with E-state index >= 15 is 0 Å². The van der Waals surface area contributed by atoms with Gasteiger partial charge in [0.15, 0.2) is 0 Å². The first-order chi connectivity index (χ1) is 9.10. The zero-order chi connectivity index (χ0) is 13.8. The third-order valence-corrected chi connectivity index (χ3v) is 3.39. The van der Waals surface area contributed by atoms with Crippen LogP contribution in [-0.2, 0) is 17.8 Å². The molecule has 1 aromatic carbocycles. The minimum Gasteiger partial charge on any atom is -0.383 e. The van der Waals surface area contributed by atoms with Gasteiger partial charge in [0.05, 0.1) is 16.8 Å². The fourth-order valence-corrected chi connectivity index (χ4v) is 2.00. The molecule has 1 heterocycles. The maximum atomic E-state index is 13.1. The van der Waals surface area contributed by atoms with Crippen molar-refractivity contribution in [2.75, 3.05) is 12.8 Å². The smallest absolute Gasteiger partial charge is 0.141 e. The Kier molecular flexibility index (Phi) is 4.44. The Labute approximate surface area is 119 Å². The fraction of sp³-hybridized carbons (Fsp3) is 0.231. The monoisotopic (exact) mass is 325 g/mol. The molecule has 0 aliphatic heterocycles. The second-order valence-electron chi connectivity index (χ2n) is 4.03. The highest BCUT2D eigenvalue weighted by Crippen LogP contribution is 2.22. The maximum Gasteiger partial charge on any atom is 0.141 e. The number of hydrogen-bond donors (Lipinski definition) is 1. The van der Waals surface area contributed by atoms with Gasteiger partial charge in [0.25, 0.3) is 0 Å². The van der Waals surface area contributed by atoms with Gasteiger partial charge in [-0.3, -0.25) is 0 Å². The highest BCUT2D eigenvalue weighted by Gasteiger charge is 2.10. The van der Waals surface area contributed by atoms with Crippen molar-refractivity contribution in [1.82, 2.24) is 9.97 Å². The topological polar surface area (TPSA) is 61.0 Å². The molecule has 0 spiro atoms. The fourth-order valence-electron chi connectivity index (χ4n) is 1.71. The first-order valence-corrected chi connectivity index (χ1v) is 6.43. The quantitative estimate of drug-likeness (QED) is 0.938. The molecule has 0 fully saturated rings. The number of benzene rings is 1. The van der Waals surface area contributed by atoms with Gasteiger partial charge in [0.2, 0.25) is 0 Å². The van der Waals surface area contributed by atoms with Crippen LogP contribution in [0.1, 0.15) is 17.1 Å². The molecule has 2 rings (SSSR count). The number of nitrogens with two attached hydrogens (primary N) is 1. The van der Waals surface area contributed by atoms with E-state index in [2.05, 4.69) is 25.9 Å². The van der Waals surface area contributed by atoms with Gasteiger partial charge in [-0.2, -0.15) is 0 Å². The van der Waals surface area contributed by atoms with Crippen LogP contribution in [0.2, 0.25) is 0 Å². The van der Waals surface area contributed by atoms with E-state index in [9.17, 15) is 4.39 Å². The number of halogens is 2. The molecule has 0 atom stereocenters. The maximum absolute atomic E-state index is 13.1.